The van der Waals surface area contributed by atoms with Gasteiger partial charge in [-0.15, -0.1) is 11.3 Å². The van der Waals surface area contributed by atoms with Gasteiger partial charge in [0.2, 0.25) is 5.01 Å². The number of carbonyl (C=O) groups excluding carboxylic acids is 2. The average molecular weight is 515 g/mol. The van der Waals surface area contributed by atoms with Gasteiger partial charge in [-0.25, -0.2) is 32.3 Å². The summed E-state index contributed by atoms with van der Waals surface area (Å²) in [5.74, 6) is -4.04. The summed E-state index contributed by atoms with van der Waals surface area (Å²) in [4.78, 5) is 34.8. The number of rotatable bonds is 8. The highest BCUT2D eigenvalue weighted by Gasteiger charge is 2.46. The fraction of sp³-hybridized carbons (Fsp3) is 0.565. The second-order valence-electron chi connectivity index (χ2n) is 8.99. The van der Waals surface area contributed by atoms with Crippen molar-refractivity contribution in [2.45, 2.75) is 64.5 Å². The molecule has 1 aliphatic carbocycles. The van der Waals surface area contributed by atoms with Gasteiger partial charge in [0.05, 0.1) is 18.0 Å². The number of thiazole rings is 1. The highest BCUT2D eigenvalue weighted by atomic mass is 32.1. The van der Waals surface area contributed by atoms with Crippen LogP contribution in [-0.4, -0.2) is 57.9 Å². The first-order valence-electron chi connectivity index (χ1n) is 11.4. The summed E-state index contributed by atoms with van der Waals surface area (Å²) in [6.45, 7) is 4.23. The van der Waals surface area contributed by atoms with E-state index in [0.29, 0.717) is 17.3 Å². The van der Waals surface area contributed by atoms with Crippen LogP contribution in [0.15, 0.2) is 12.3 Å². The summed E-state index contributed by atoms with van der Waals surface area (Å²) in [6.07, 6.45) is -0.122. The van der Waals surface area contributed by atoms with Gasteiger partial charge in [0.25, 0.3) is 18.3 Å². The lowest BCUT2D eigenvalue weighted by atomic mass is 10.1. The van der Waals surface area contributed by atoms with Crippen molar-refractivity contribution < 1.29 is 31.9 Å². The Bertz CT molecular complexity index is 1120. The molecule has 1 saturated heterocycles. The number of nitrogens with zero attached hydrogens (tertiary/aromatic N) is 3. The van der Waals surface area contributed by atoms with Gasteiger partial charge >= 0.3 is 5.97 Å². The topological polar surface area (TPSA) is 84.4 Å². The number of hydrogen-bond donors (Lipinski definition) is 1. The van der Waals surface area contributed by atoms with Crippen LogP contribution in [0.3, 0.4) is 0 Å². The van der Waals surface area contributed by atoms with E-state index >= 15 is 0 Å². The van der Waals surface area contributed by atoms with E-state index in [1.807, 2.05) is 6.92 Å². The van der Waals surface area contributed by atoms with E-state index in [1.54, 1.807) is 6.92 Å². The molecule has 0 bridgehead atoms. The Labute approximate surface area is 203 Å². The molecule has 12 heteroatoms. The second kappa shape index (κ2) is 9.71. The summed E-state index contributed by atoms with van der Waals surface area (Å²) in [6, 6.07) is 0.484. The van der Waals surface area contributed by atoms with E-state index in [1.165, 1.54) is 19.2 Å². The van der Waals surface area contributed by atoms with E-state index in [4.69, 9.17) is 4.74 Å². The quantitative estimate of drug-likeness (QED) is 0.375. The lowest BCUT2D eigenvalue weighted by molar-refractivity contribution is 0.0117. The molecule has 35 heavy (non-hydrogen) atoms. The van der Waals surface area contributed by atoms with Crippen LogP contribution in [0, 0.1) is 5.92 Å². The number of carbonyl (C=O) groups is 2. The molecular weight excluding hydrogens is 488 g/mol. The lowest BCUT2D eigenvalue weighted by Gasteiger charge is -2.20. The molecule has 2 aromatic heterocycles. The number of anilines is 1. The molecule has 2 fully saturated rings. The van der Waals surface area contributed by atoms with Crippen molar-refractivity contribution in [2.75, 3.05) is 18.5 Å². The maximum Gasteiger partial charge on any atom is 0.367 e. The fourth-order valence-electron chi connectivity index (χ4n) is 4.22. The molecule has 0 spiro atoms. The fourth-order valence-corrected chi connectivity index (χ4v) is 5.20. The van der Waals surface area contributed by atoms with E-state index in [-0.39, 0.29) is 39.6 Å². The van der Waals surface area contributed by atoms with Gasteiger partial charge in [-0.2, -0.15) is 0 Å². The number of pyridine rings is 1. The Morgan fingerprint density at radius 1 is 1.34 bits per heavy atom. The summed E-state index contributed by atoms with van der Waals surface area (Å²) < 4.78 is 61.1. The molecule has 0 aromatic carbocycles. The maximum absolute atomic E-state index is 14.1. The SMILES string of the molecule is CCOC(=O)c1nc(C(=O)N2CC(F)(F)C[C@@H]2C)c(-c2cnc(NC(C)C3CC3)cc2C(F)F)s1. The Morgan fingerprint density at radius 3 is 2.63 bits per heavy atom. The molecule has 3 heterocycles. The molecule has 1 aliphatic heterocycles. The highest BCUT2D eigenvalue weighted by molar-refractivity contribution is 7.17. The van der Waals surface area contributed by atoms with Crippen LogP contribution >= 0.6 is 11.3 Å². The molecule has 2 aliphatic rings. The maximum atomic E-state index is 14.1. The first-order chi connectivity index (χ1) is 16.5. The molecule has 2 atom stereocenters. The van der Waals surface area contributed by atoms with Gasteiger partial charge in [0, 0.05) is 35.8 Å². The predicted molar refractivity (Wildman–Crippen MR) is 122 cm³/mol. The first kappa shape index (κ1) is 25.3. The predicted octanol–water partition coefficient (Wildman–Crippen LogP) is 5.40. The third-order valence-electron chi connectivity index (χ3n) is 6.19. The molecule has 1 amide bonds. The van der Waals surface area contributed by atoms with E-state index < -0.39 is 48.8 Å². The van der Waals surface area contributed by atoms with Crippen molar-refractivity contribution >= 4 is 29.0 Å². The van der Waals surface area contributed by atoms with Crippen LogP contribution in [0.25, 0.3) is 10.4 Å². The third-order valence-corrected chi connectivity index (χ3v) is 7.26. The van der Waals surface area contributed by atoms with Crippen LogP contribution in [0.2, 0.25) is 0 Å². The number of ether oxygens (including phenoxy) is 1. The van der Waals surface area contributed by atoms with Crippen LogP contribution in [-0.2, 0) is 4.74 Å². The van der Waals surface area contributed by atoms with Gasteiger partial charge in [-0.3, -0.25) is 4.79 Å². The number of alkyl halides is 4. The van der Waals surface area contributed by atoms with Gasteiger partial charge < -0.3 is 15.0 Å². The van der Waals surface area contributed by atoms with Crippen molar-refractivity contribution in [1.29, 1.82) is 0 Å². The van der Waals surface area contributed by atoms with Gasteiger partial charge in [-0.1, -0.05) is 0 Å². The largest absolute Gasteiger partial charge is 0.461 e. The van der Waals surface area contributed by atoms with Crippen LogP contribution < -0.4 is 5.32 Å². The lowest BCUT2D eigenvalue weighted by Crippen LogP contribution is -2.35. The van der Waals surface area contributed by atoms with E-state index in [2.05, 4.69) is 15.3 Å². The number of amides is 1. The number of esters is 1. The Hall–Kier alpha value is -2.76. The van der Waals surface area contributed by atoms with E-state index in [9.17, 15) is 27.2 Å². The number of aromatic nitrogens is 2. The molecule has 2 aromatic rings. The minimum absolute atomic E-state index is 0.0370. The molecule has 1 N–H and O–H groups in total. The zero-order valence-electron chi connectivity index (χ0n) is 19.5. The monoisotopic (exact) mass is 514 g/mol. The van der Waals surface area contributed by atoms with Crippen molar-refractivity contribution in [1.82, 2.24) is 14.9 Å². The van der Waals surface area contributed by atoms with Crippen molar-refractivity contribution in [3.8, 4) is 10.4 Å². The minimum atomic E-state index is -3.07. The summed E-state index contributed by atoms with van der Waals surface area (Å²) in [5.41, 5.74) is -0.837. The van der Waals surface area contributed by atoms with Crippen molar-refractivity contribution in [3.63, 3.8) is 0 Å². The van der Waals surface area contributed by atoms with Gasteiger partial charge in [0.1, 0.15) is 11.5 Å². The van der Waals surface area contributed by atoms with E-state index in [0.717, 1.165) is 17.7 Å². The number of hydrogen-bond acceptors (Lipinski definition) is 7. The Kier molecular flexibility index (Phi) is 7.03. The molecule has 7 nitrogen and oxygen atoms in total. The normalized spacial score (nSPS) is 20.2. The molecular formula is C23H26F4N4O3S. The minimum Gasteiger partial charge on any atom is -0.461 e. The Balaban J connectivity index is 1.76. The van der Waals surface area contributed by atoms with Crippen molar-refractivity contribution in [2.24, 2.45) is 5.92 Å². The van der Waals surface area contributed by atoms with Gasteiger partial charge in [0.15, 0.2) is 0 Å². The second-order valence-corrected chi connectivity index (χ2v) is 9.99. The number of likely N-dealkylation sites (tertiary alicyclic amines) is 1. The molecule has 190 valence electrons. The smallest absolute Gasteiger partial charge is 0.367 e. The standard InChI is InChI=1S/C23H26F4N4O3S/c1-4-34-22(33)20-30-17(21(32)31-10-23(26,27)8-11(31)2)18(35-20)15-9-28-16(7-14(15)19(24)25)29-12(3)13-5-6-13/h7,9,11-13,19H,4-6,8,10H2,1-3H3,(H,28,29)/t11-,12?/m0/s1. The highest BCUT2D eigenvalue weighted by Crippen LogP contribution is 2.41. The van der Waals surface area contributed by atoms with Crippen LogP contribution in [0.1, 0.15) is 72.3 Å². The zero-order valence-corrected chi connectivity index (χ0v) is 20.3. The third kappa shape index (κ3) is 5.41. The van der Waals surface area contributed by atoms with Gasteiger partial charge in [-0.05, 0) is 45.6 Å². The first-order valence-corrected chi connectivity index (χ1v) is 12.2. The zero-order chi connectivity index (χ0) is 25.5. The molecule has 4 rings (SSSR count). The summed E-state index contributed by atoms with van der Waals surface area (Å²) in [5, 5.41) is 2.90. The Morgan fingerprint density at radius 2 is 2.06 bits per heavy atom. The number of halogens is 4. The molecule has 1 saturated carbocycles. The average Bonchev–Trinajstić information content (AvgIpc) is 3.48. The van der Waals surface area contributed by atoms with Crippen LogP contribution in [0.5, 0.6) is 0 Å². The summed E-state index contributed by atoms with van der Waals surface area (Å²) in [7, 11) is 0. The number of nitrogens with one attached hydrogen (secondary N) is 1. The summed E-state index contributed by atoms with van der Waals surface area (Å²) >= 11 is 0.701. The molecule has 1 unspecified atom stereocenters. The van der Waals surface area contributed by atoms with Crippen molar-refractivity contribution in [3.05, 3.63) is 28.5 Å². The molecule has 0 radical (unpaired) electrons. The van der Waals surface area contributed by atoms with Crippen LogP contribution in [0.4, 0.5) is 23.4 Å².